The van der Waals surface area contributed by atoms with E-state index in [0.29, 0.717) is 56.0 Å². The molecule has 0 spiro atoms. The number of rotatable bonds is 9. The van der Waals surface area contributed by atoms with Crippen molar-refractivity contribution >= 4 is 62.4 Å². The summed E-state index contributed by atoms with van der Waals surface area (Å²) in [6.07, 6.45) is 3.76. The van der Waals surface area contributed by atoms with E-state index in [0.717, 1.165) is 33.4 Å². The zero-order valence-corrected chi connectivity index (χ0v) is 25.8. The second-order valence-electron chi connectivity index (χ2n) is 10.6. The van der Waals surface area contributed by atoms with Crippen molar-refractivity contribution in [3.8, 4) is 0 Å². The van der Waals surface area contributed by atoms with Crippen molar-refractivity contribution in [2.45, 2.75) is 46.5 Å². The zero-order valence-electron chi connectivity index (χ0n) is 24.7. The third-order valence-corrected chi connectivity index (χ3v) is 8.07. The summed E-state index contributed by atoms with van der Waals surface area (Å²) >= 11 is 0. The van der Waals surface area contributed by atoms with Crippen LogP contribution >= 0.6 is 0 Å². The number of aromatic nitrogens is 4. The van der Waals surface area contributed by atoms with Crippen molar-refractivity contribution in [1.82, 2.24) is 19.9 Å². The second kappa shape index (κ2) is 13.0. The van der Waals surface area contributed by atoms with Gasteiger partial charge in [-0.3, -0.25) is 9.59 Å². The first-order valence-electron chi connectivity index (χ1n) is 13.9. The molecular weight excluding hydrogens is 600 g/mol. The van der Waals surface area contributed by atoms with E-state index in [9.17, 15) is 24.9 Å². The molecule has 226 valence electrons. The third-order valence-electron chi connectivity index (χ3n) is 8.07. The molecule has 0 aromatic carbocycles. The Kier molecular flexibility index (Phi) is 9.59. The predicted octanol–water partition coefficient (Wildman–Crippen LogP) is 5.73. The number of carbonyl (C=O) groups is 2. The van der Waals surface area contributed by atoms with Crippen molar-refractivity contribution in [3.05, 3.63) is 88.5 Å². The van der Waals surface area contributed by atoms with Crippen LogP contribution in [0.2, 0.25) is 0 Å². The molecule has 0 aliphatic carbocycles. The monoisotopic (exact) mass is 632 g/mol. The molecule has 2 aliphatic heterocycles. The van der Waals surface area contributed by atoms with Gasteiger partial charge in [0, 0.05) is 24.0 Å². The standard InChI is InChI=1S/C34H34N4O5.Fe/c1-6-20-17(3)25-13-29-21(7-2)24(16-39)32(38-29)14-27-19(5)23(9-11-34(42)43)31(37-27)15-30-22(8-10-33(40)41)18(4)26(36-30)12-28(20)35-25;/h6-7,12-15,39H,1-2,8-11,16H2,3-5H3,(H4,35,36,37,38,40,41,42,43);/q;+2/p-2. The molecule has 3 N–H and O–H groups in total. The number of fused-ring (bicyclic) bond motifs is 8. The summed E-state index contributed by atoms with van der Waals surface area (Å²) in [5.41, 5.74) is 11.1. The van der Waals surface area contributed by atoms with E-state index in [1.54, 1.807) is 24.3 Å². The zero-order chi connectivity index (χ0) is 31.0. The molecular formula is C34H32FeN4O5. The summed E-state index contributed by atoms with van der Waals surface area (Å²) in [5.74, 6) is -1.85. The summed E-state index contributed by atoms with van der Waals surface area (Å²) in [7, 11) is 0. The van der Waals surface area contributed by atoms with E-state index in [1.165, 1.54) is 0 Å². The molecule has 0 atom stereocenters. The van der Waals surface area contributed by atoms with Crippen LogP contribution in [0.15, 0.2) is 43.5 Å². The molecule has 0 amide bonds. The average Bonchev–Trinajstić information content (AvgIpc) is 3.63. The maximum absolute atomic E-state index is 11.5. The number of aliphatic hydroxyl groups is 1. The summed E-state index contributed by atoms with van der Waals surface area (Å²) in [6, 6.07) is 7.32. The fourth-order valence-corrected chi connectivity index (χ4v) is 5.67. The van der Waals surface area contributed by atoms with E-state index < -0.39 is 11.9 Å². The Morgan fingerprint density at radius 2 is 1.30 bits per heavy atom. The van der Waals surface area contributed by atoms with E-state index in [4.69, 9.17) is 19.9 Å². The third kappa shape index (κ3) is 5.97. The van der Waals surface area contributed by atoms with Gasteiger partial charge in [0.1, 0.15) is 0 Å². The smallest absolute Gasteiger partial charge is 0.657 e. The predicted molar refractivity (Wildman–Crippen MR) is 168 cm³/mol. The molecule has 0 fully saturated rings. The van der Waals surface area contributed by atoms with Gasteiger partial charge in [0.25, 0.3) is 0 Å². The fourth-order valence-electron chi connectivity index (χ4n) is 5.67. The number of carboxylic acid groups (broad SMARTS) is 2. The van der Waals surface area contributed by atoms with Gasteiger partial charge in [-0.2, -0.15) is 0 Å². The molecule has 2 aliphatic rings. The summed E-state index contributed by atoms with van der Waals surface area (Å²) in [6.45, 7) is 13.4. The van der Waals surface area contributed by atoms with Crippen LogP contribution in [0.4, 0.5) is 0 Å². The molecule has 0 saturated carbocycles. The van der Waals surface area contributed by atoms with E-state index in [1.807, 2.05) is 32.9 Å². The van der Waals surface area contributed by atoms with Gasteiger partial charge in [-0.05, 0) is 50.3 Å². The molecule has 0 radical (unpaired) electrons. The van der Waals surface area contributed by atoms with Crippen LogP contribution in [-0.2, 0) is 33.1 Å². The Morgan fingerprint density at radius 1 is 0.750 bits per heavy atom. The molecule has 0 saturated heterocycles. The van der Waals surface area contributed by atoms with Gasteiger partial charge in [0.05, 0.1) is 29.4 Å². The minimum atomic E-state index is -0.928. The fraction of sp³-hybridized carbons (Fsp3) is 0.235. The largest absolute Gasteiger partial charge is 2.00 e. The van der Waals surface area contributed by atoms with Gasteiger partial charge in [0.2, 0.25) is 0 Å². The quantitative estimate of drug-likeness (QED) is 0.252. The Balaban J connectivity index is 0.00000442. The molecule has 0 unspecified atom stereocenters. The maximum Gasteiger partial charge on any atom is 2.00 e. The molecule has 5 rings (SSSR count). The number of hydrogen-bond donors (Lipinski definition) is 3. The Morgan fingerprint density at radius 3 is 1.93 bits per heavy atom. The summed E-state index contributed by atoms with van der Waals surface area (Å²) in [4.78, 5) is 42.6. The minimum absolute atomic E-state index is 0. The van der Waals surface area contributed by atoms with Crippen molar-refractivity contribution in [2.75, 3.05) is 6.61 Å². The molecule has 10 heteroatoms. The van der Waals surface area contributed by atoms with E-state index in [2.05, 4.69) is 13.2 Å². The molecule has 3 aromatic heterocycles. The number of nitrogens with zero attached hydrogens (tertiary/aromatic N) is 4. The number of carboxylic acids is 2. The van der Waals surface area contributed by atoms with Gasteiger partial charge < -0.3 is 25.3 Å². The summed E-state index contributed by atoms with van der Waals surface area (Å²) in [5, 5.41) is 29.2. The number of aryl methyl sites for hydroxylation is 3. The van der Waals surface area contributed by atoms with E-state index in [-0.39, 0.29) is 49.4 Å². The first-order chi connectivity index (χ1) is 20.6. The first kappa shape index (κ1) is 32.4. The van der Waals surface area contributed by atoms with Gasteiger partial charge in [0.15, 0.2) is 0 Å². The number of hydrogen-bond acceptors (Lipinski definition) is 5. The van der Waals surface area contributed by atoms with Crippen LogP contribution in [0.5, 0.6) is 0 Å². The van der Waals surface area contributed by atoms with Gasteiger partial charge in [-0.15, -0.1) is 22.1 Å². The van der Waals surface area contributed by atoms with Crippen molar-refractivity contribution in [1.29, 1.82) is 0 Å². The van der Waals surface area contributed by atoms with Crippen molar-refractivity contribution in [2.24, 2.45) is 0 Å². The van der Waals surface area contributed by atoms with E-state index >= 15 is 0 Å². The van der Waals surface area contributed by atoms with Crippen LogP contribution in [-0.4, -0.2) is 43.8 Å². The average molecular weight is 632 g/mol. The SMILES string of the molecule is C=CC1=C(CO)c2cc3[n-]c(cc4nc(cc5[n-]c(cc1n2)c(C)c5C=C)C(C)=C4CCC(=O)O)c(CCC(=O)O)c3C.[Fe+2]. The molecule has 3 aromatic rings. The Hall–Kier alpha value is -4.50. The number of aliphatic hydroxyl groups excluding tert-OH is 1. The van der Waals surface area contributed by atoms with Crippen LogP contribution in [0, 0.1) is 13.8 Å². The minimum Gasteiger partial charge on any atom is -0.657 e. The molecule has 9 nitrogen and oxygen atoms in total. The molecule has 5 heterocycles. The van der Waals surface area contributed by atoms with Crippen molar-refractivity contribution in [3.63, 3.8) is 0 Å². The van der Waals surface area contributed by atoms with Gasteiger partial charge in [-0.25, -0.2) is 9.97 Å². The van der Waals surface area contributed by atoms with Gasteiger partial charge in [-0.1, -0.05) is 66.3 Å². The van der Waals surface area contributed by atoms with Crippen LogP contribution in [0.3, 0.4) is 0 Å². The topological polar surface area (TPSA) is 149 Å². The van der Waals surface area contributed by atoms with Gasteiger partial charge >= 0.3 is 29.0 Å². The second-order valence-corrected chi connectivity index (χ2v) is 10.6. The van der Waals surface area contributed by atoms with Crippen LogP contribution in [0.25, 0.3) is 50.4 Å². The molecule has 44 heavy (non-hydrogen) atoms. The number of aliphatic carboxylic acids is 2. The van der Waals surface area contributed by atoms with Crippen molar-refractivity contribution < 1.29 is 42.0 Å². The first-order valence-corrected chi connectivity index (χ1v) is 13.9. The molecule has 8 bridgehead atoms. The Labute approximate surface area is 265 Å². The van der Waals surface area contributed by atoms with Crippen LogP contribution in [0.1, 0.15) is 71.2 Å². The summed E-state index contributed by atoms with van der Waals surface area (Å²) < 4.78 is 0. The normalized spacial score (nSPS) is 12.7. The van der Waals surface area contributed by atoms with Crippen LogP contribution < -0.4 is 9.97 Å². The number of allylic oxidation sites excluding steroid dienone is 4. The Bertz CT molecular complexity index is 1940. The maximum atomic E-state index is 11.5.